The highest BCUT2D eigenvalue weighted by molar-refractivity contribution is 5.74. The van der Waals surface area contributed by atoms with Gasteiger partial charge >= 0.3 is 12.0 Å². The van der Waals surface area contributed by atoms with Crippen LogP contribution < -0.4 is 0 Å². The van der Waals surface area contributed by atoms with Gasteiger partial charge in [-0.25, -0.2) is 4.79 Å². The van der Waals surface area contributed by atoms with Crippen molar-refractivity contribution in [3.8, 4) is 0 Å². The van der Waals surface area contributed by atoms with E-state index in [1.807, 2.05) is 11.8 Å². The van der Waals surface area contributed by atoms with Crippen LogP contribution in [0.15, 0.2) is 0 Å². The minimum atomic E-state index is -0.673. The average Bonchev–Trinajstić information content (AvgIpc) is 2.47. The second-order valence-electron chi connectivity index (χ2n) is 6.80. The molecule has 2 amide bonds. The molecule has 120 valence electrons. The first-order valence-corrected chi connectivity index (χ1v) is 7.77. The lowest BCUT2D eigenvalue weighted by Gasteiger charge is -2.43. The molecule has 2 heterocycles. The molecule has 6 heteroatoms. The fourth-order valence-corrected chi connectivity index (χ4v) is 3.30. The molecule has 21 heavy (non-hydrogen) atoms. The van der Waals surface area contributed by atoms with Crippen LogP contribution in [0, 0.1) is 5.41 Å². The van der Waals surface area contributed by atoms with Crippen LogP contribution in [-0.4, -0.2) is 78.1 Å². The van der Waals surface area contributed by atoms with E-state index in [2.05, 4.69) is 4.90 Å². The molecule has 0 aromatic rings. The summed E-state index contributed by atoms with van der Waals surface area (Å²) in [6, 6.07) is 0.583. The normalized spacial score (nSPS) is 23.9. The number of urea groups is 1. The van der Waals surface area contributed by atoms with Crippen LogP contribution in [0.2, 0.25) is 0 Å². The lowest BCUT2D eigenvalue weighted by Crippen LogP contribution is -2.52. The predicted molar refractivity (Wildman–Crippen MR) is 80.2 cm³/mol. The van der Waals surface area contributed by atoms with Gasteiger partial charge in [0.1, 0.15) is 0 Å². The summed E-state index contributed by atoms with van der Waals surface area (Å²) in [6.45, 7) is 5.16. The van der Waals surface area contributed by atoms with Gasteiger partial charge in [-0.15, -0.1) is 0 Å². The number of hydrogen-bond acceptors (Lipinski definition) is 3. The Kier molecular flexibility index (Phi) is 4.76. The Hall–Kier alpha value is -1.30. The molecule has 0 atom stereocenters. The van der Waals surface area contributed by atoms with Gasteiger partial charge in [-0.2, -0.15) is 0 Å². The van der Waals surface area contributed by atoms with Crippen LogP contribution >= 0.6 is 0 Å². The molecular formula is C15H27N3O3. The molecule has 2 aliphatic rings. The van der Waals surface area contributed by atoms with E-state index in [9.17, 15) is 14.7 Å². The number of rotatable bonds is 2. The van der Waals surface area contributed by atoms with E-state index in [0.29, 0.717) is 6.04 Å². The number of carbonyl (C=O) groups excluding carboxylic acids is 1. The monoisotopic (exact) mass is 297 g/mol. The Balaban J connectivity index is 1.82. The summed E-state index contributed by atoms with van der Waals surface area (Å²) in [5, 5.41) is 9.27. The molecule has 0 radical (unpaired) electrons. The molecule has 0 aliphatic carbocycles. The standard InChI is InChI=1S/C15H27N3O3/c1-15(13(19)20)6-10-17(11-7-15)12-4-8-18(9-5-12)14(21)16(2)3/h12H,4-11H2,1-3H3,(H,19,20). The predicted octanol–water partition coefficient (Wildman–Crippen LogP) is 1.32. The molecule has 0 unspecified atom stereocenters. The molecule has 0 aromatic heterocycles. The summed E-state index contributed by atoms with van der Waals surface area (Å²) in [6.07, 6.45) is 3.42. The topological polar surface area (TPSA) is 64.1 Å². The number of aliphatic carboxylic acids is 1. The van der Waals surface area contributed by atoms with E-state index >= 15 is 0 Å². The fraction of sp³-hybridized carbons (Fsp3) is 0.867. The molecule has 0 bridgehead atoms. The average molecular weight is 297 g/mol. The number of carbonyl (C=O) groups is 2. The van der Waals surface area contributed by atoms with Crippen molar-refractivity contribution in [2.75, 3.05) is 40.3 Å². The van der Waals surface area contributed by atoms with Gasteiger partial charge in [0.15, 0.2) is 0 Å². The zero-order chi connectivity index (χ0) is 15.6. The second kappa shape index (κ2) is 6.22. The highest BCUT2D eigenvalue weighted by Crippen LogP contribution is 2.33. The largest absolute Gasteiger partial charge is 0.481 e. The Labute approximate surface area is 126 Å². The third kappa shape index (κ3) is 3.48. The Morgan fingerprint density at radius 2 is 1.62 bits per heavy atom. The van der Waals surface area contributed by atoms with Crippen LogP contribution in [-0.2, 0) is 4.79 Å². The first-order valence-electron chi connectivity index (χ1n) is 7.77. The van der Waals surface area contributed by atoms with Crippen LogP contribution in [0.1, 0.15) is 32.6 Å². The minimum Gasteiger partial charge on any atom is -0.481 e. The number of carboxylic acid groups (broad SMARTS) is 1. The zero-order valence-corrected chi connectivity index (χ0v) is 13.3. The SMILES string of the molecule is CN(C)C(=O)N1CCC(N2CCC(C)(C(=O)O)CC2)CC1. The van der Waals surface area contributed by atoms with Gasteiger partial charge in [0.05, 0.1) is 5.41 Å². The third-order valence-corrected chi connectivity index (χ3v) is 5.05. The van der Waals surface area contributed by atoms with Crippen LogP contribution in [0.5, 0.6) is 0 Å². The molecule has 2 fully saturated rings. The van der Waals surface area contributed by atoms with Crippen molar-refractivity contribution in [2.24, 2.45) is 5.41 Å². The van der Waals surface area contributed by atoms with E-state index in [1.165, 1.54) is 0 Å². The van der Waals surface area contributed by atoms with Gasteiger partial charge in [0, 0.05) is 33.2 Å². The summed E-state index contributed by atoms with van der Waals surface area (Å²) >= 11 is 0. The molecule has 6 nitrogen and oxygen atoms in total. The van der Waals surface area contributed by atoms with Crippen molar-refractivity contribution < 1.29 is 14.7 Å². The van der Waals surface area contributed by atoms with Crippen molar-refractivity contribution in [2.45, 2.75) is 38.6 Å². The second-order valence-corrected chi connectivity index (χ2v) is 6.80. The number of likely N-dealkylation sites (tertiary alicyclic amines) is 2. The minimum absolute atomic E-state index is 0.0885. The Morgan fingerprint density at radius 3 is 2.05 bits per heavy atom. The number of amides is 2. The van der Waals surface area contributed by atoms with E-state index in [-0.39, 0.29) is 6.03 Å². The number of nitrogens with zero attached hydrogens (tertiary/aromatic N) is 3. The highest BCUT2D eigenvalue weighted by atomic mass is 16.4. The Bertz CT molecular complexity index is 395. The van der Waals surface area contributed by atoms with Crippen molar-refractivity contribution in [1.29, 1.82) is 0 Å². The maximum absolute atomic E-state index is 11.9. The van der Waals surface area contributed by atoms with Gasteiger partial charge in [0.2, 0.25) is 0 Å². The van der Waals surface area contributed by atoms with E-state index in [0.717, 1.165) is 51.9 Å². The number of hydrogen-bond donors (Lipinski definition) is 1. The van der Waals surface area contributed by atoms with Crippen LogP contribution in [0.4, 0.5) is 4.79 Å². The van der Waals surface area contributed by atoms with Gasteiger partial charge in [-0.3, -0.25) is 4.79 Å². The van der Waals surface area contributed by atoms with Crippen molar-refractivity contribution in [1.82, 2.24) is 14.7 Å². The van der Waals surface area contributed by atoms with Gasteiger partial charge < -0.3 is 19.8 Å². The van der Waals surface area contributed by atoms with E-state index < -0.39 is 11.4 Å². The molecule has 0 aromatic carbocycles. The first-order chi connectivity index (χ1) is 9.83. The number of carboxylic acids is 1. The molecule has 2 rings (SSSR count). The summed E-state index contributed by atoms with van der Waals surface area (Å²) in [4.78, 5) is 29.1. The maximum atomic E-state index is 11.9. The molecule has 2 saturated heterocycles. The van der Waals surface area contributed by atoms with Crippen molar-refractivity contribution >= 4 is 12.0 Å². The molecule has 0 spiro atoms. The highest BCUT2D eigenvalue weighted by Gasteiger charge is 2.39. The van der Waals surface area contributed by atoms with Crippen LogP contribution in [0.3, 0.4) is 0 Å². The zero-order valence-electron chi connectivity index (χ0n) is 13.3. The lowest BCUT2D eigenvalue weighted by atomic mass is 9.80. The summed E-state index contributed by atoms with van der Waals surface area (Å²) in [7, 11) is 3.57. The maximum Gasteiger partial charge on any atom is 0.319 e. The summed E-state index contributed by atoms with van der Waals surface area (Å²) in [5.74, 6) is -0.673. The fourth-order valence-electron chi connectivity index (χ4n) is 3.30. The van der Waals surface area contributed by atoms with Crippen LogP contribution in [0.25, 0.3) is 0 Å². The molecular weight excluding hydrogens is 270 g/mol. The van der Waals surface area contributed by atoms with Gasteiger partial charge in [-0.05, 0) is 45.7 Å². The number of piperidine rings is 2. The first kappa shape index (κ1) is 16.1. The van der Waals surface area contributed by atoms with E-state index in [1.54, 1.807) is 19.0 Å². The molecule has 1 N–H and O–H groups in total. The Morgan fingerprint density at radius 1 is 1.10 bits per heavy atom. The summed E-state index contributed by atoms with van der Waals surface area (Å²) < 4.78 is 0. The quantitative estimate of drug-likeness (QED) is 0.835. The lowest BCUT2D eigenvalue weighted by molar-refractivity contribution is -0.151. The van der Waals surface area contributed by atoms with Crippen molar-refractivity contribution in [3.63, 3.8) is 0 Å². The van der Waals surface area contributed by atoms with Gasteiger partial charge in [0.25, 0.3) is 0 Å². The third-order valence-electron chi connectivity index (χ3n) is 5.05. The van der Waals surface area contributed by atoms with Crippen molar-refractivity contribution in [3.05, 3.63) is 0 Å². The van der Waals surface area contributed by atoms with Gasteiger partial charge in [-0.1, -0.05) is 0 Å². The molecule has 2 aliphatic heterocycles. The van der Waals surface area contributed by atoms with E-state index in [4.69, 9.17) is 0 Å². The molecule has 0 saturated carbocycles. The smallest absolute Gasteiger partial charge is 0.319 e. The summed E-state index contributed by atoms with van der Waals surface area (Å²) in [5.41, 5.74) is -0.557.